The van der Waals surface area contributed by atoms with Crippen LogP contribution in [0.1, 0.15) is 0 Å². The zero-order chi connectivity index (χ0) is 5.98. The number of rotatable bonds is 0. The summed E-state index contributed by atoms with van der Waals surface area (Å²) >= 11 is 0. The van der Waals surface area contributed by atoms with Crippen molar-refractivity contribution in [2.75, 3.05) is 0 Å². The summed E-state index contributed by atoms with van der Waals surface area (Å²) in [5.74, 6) is 0. The molecule has 0 saturated carbocycles. The highest BCUT2D eigenvalue weighted by molar-refractivity contribution is 4.78. The molecule has 0 aliphatic carbocycles. The van der Waals surface area contributed by atoms with Gasteiger partial charge in [0.2, 0.25) is 0 Å². The van der Waals surface area contributed by atoms with Crippen molar-refractivity contribution in [2.45, 2.75) is 0 Å². The number of aromatic amines is 1. The molecule has 1 heterocycles. The summed E-state index contributed by atoms with van der Waals surface area (Å²) < 4.78 is 1.60. The molecule has 50 valence electrons. The maximum Gasteiger partial charge on any atom is 0.297 e. The lowest BCUT2D eigenvalue weighted by Gasteiger charge is -1.78. The molecule has 0 fully saturated rings. The maximum atomic E-state index is 10.4. The second kappa shape index (κ2) is 2.99. The third-order valence-electron chi connectivity index (χ3n) is 0.844. The summed E-state index contributed by atoms with van der Waals surface area (Å²) in [5.41, 5.74) is -0.0741. The average molecular weight is 128 g/mol. The van der Waals surface area contributed by atoms with E-state index in [0.717, 1.165) is 0 Å². The zero-order valence-electron chi connectivity index (χ0n) is 5.03. The van der Waals surface area contributed by atoms with Gasteiger partial charge in [0.15, 0.2) is 13.2 Å². The number of aromatic nitrogens is 2. The maximum absolute atomic E-state index is 10.4. The van der Waals surface area contributed by atoms with Crippen LogP contribution in [0.3, 0.4) is 0 Å². The summed E-state index contributed by atoms with van der Waals surface area (Å²) in [7, 11) is 1.77. The minimum absolute atomic E-state index is 0. The molecule has 2 N–H and O–H groups in total. The summed E-state index contributed by atoms with van der Waals surface area (Å²) in [6, 6.07) is 3.17. The minimum atomic E-state index is -0.0741. The van der Waals surface area contributed by atoms with Gasteiger partial charge in [-0.1, -0.05) is 0 Å². The van der Waals surface area contributed by atoms with E-state index < -0.39 is 0 Å². The standard InChI is InChI=1S/C5H6N2O.H2O/c1-7-4-2-3-5(8)6-7;/h2-4H,1H3;1H2. The monoisotopic (exact) mass is 128 g/mol. The molecule has 0 spiro atoms. The van der Waals surface area contributed by atoms with Gasteiger partial charge in [0.05, 0.1) is 0 Å². The van der Waals surface area contributed by atoms with Gasteiger partial charge in [-0.05, 0) is 0 Å². The molecule has 0 saturated heterocycles. The van der Waals surface area contributed by atoms with Gasteiger partial charge in [0.1, 0.15) is 0 Å². The Hall–Kier alpha value is -1.16. The molecule has 0 aliphatic heterocycles. The highest BCUT2D eigenvalue weighted by atomic mass is 16.1. The molecule has 4 heteroatoms. The Labute approximate surface area is 52.1 Å². The molecule has 0 radical (unpaired) electrons. The summed E-state index contributed by atoms with van der Waals surface area (Å²) in [6.45, 7) is 0. The van der Waals surface area contributed by atoms with E-state index in [1.807, 2.05) is 0 Å². The van der Waals surface area contributed by atoms with Crippen LogP contribution >= 0.6 is 0 Å². The van der Waals surface area contributed by atoms with Gasteiger partial charge in [-0.25, -0.2) is 0 Å². The quantitative estimate of drug-likeness (QED) is 0.456. The van der Waals surface area contributed by atoms with Crippen LogP contribution in [0.2, 0.25) is 0 Å². The van der Waals surface area contributed by atoms with Gasteiger partial charge in [0, 0.05) is 12.1 Å². The van der Waals surface area contributed by atoms with E-state index in [-0.39, 0.29) is 11.0 Å². The Morgan fingerprint density at radius 1 is 1.67 bits per heavy atom. The number of aryl methyl sites for hydroxylation is 1. The molecule has 0 bridgehead atoms. The van der Waals surface area contributed by atoms with Crippen LogP contribution in [0.15, 0.2) is 23.1 Å². The predicted octanol–water partition coefficient (Wildman–Crippen LogP) is -0.977. The normalized spacial score (nSPS) is 8.11. The molecule has 0 aliphatic rings. The first-order valence-electron chi connectivity index (χ1n) is 2.34. The third-order valence-corrected chi connectivity index (χ3v) is 0.844. The van der Waals surface area contributed by atoms with Gasteiger partial charge in [-0.3, -0.25) is 4.79 Å². The summed E-state index contributed by atoms with van der Waals surface area (Å²) in [4.78, 5) is 10.4. The van der Waals surface area contributed by atoms with E-state index >= 15 is 0 Å². The van der Waals surface area contributed by atoms with Crippen molar-refractivity contribution in [3.63, 3.8) is 0 Å². The van der Waals surface area contributed by atoms with Crippen molar-refractivity contribution in [1.29, 1.82) is 0 Å². The Morgan fingerprint density at radius 2 is 2.33 bits per heavy atom. The molecule has 0 amide bonds. The van der Waals surface area contributed by atoms with Crippen LogP contribution in [0.25, 0.3) is 0 Å². The van der Waals surface area contributed by atoms with Gasteiger partial charge in [-0.2, -0.15) is 0 Å². The van der Waals surface area contributed by atoms with Crippen molar-refractivity contribution in [2.24, 2.45) is 7.05 Å². The smallest absolute Gasteiger partial charge is 0.297 e. The van der Waals surface area contributed by atoms with Gasteiger partial charge in [-0.15, -0.1) is 9.78 Å². The molecule has 0 atom stereocenters. The molecular formula is C5H8N2O2. The van der Waals surface area contributed by atoms with Gasteiger partial charge < -0.3 is 5.48 Å². The number of hydrogen-bond acceptors (Lipinski definition) is 2. The zero-order valence-corrected chi connectivity index (χ0v) is 5.03. The van der Waals surface area contributed by atoms with Crippen LogP contribution < -0.4 is 10.2 Å². The van der Waals surface area contributed by atoms with E-state index in [9.17, 15) is 4.79 Å². The Bertz CT molecular complexity index is 230. The topological polar surface area (TPSA) is 66.7 Å². The Kier molecular flexibility index (Phi) is 2.60. The Balaban J connectivity index is 0.000000640. The average Bonchev–Trinajstić information content (AvgIpc) is 1.64. The fourth-order valence-corrected chi connectivity index (χ4v) is 0.508. The number of hydrogen-bond donors (Lipinski definition) is 1. The second-order valence-electron chi connectivity index (χ2n) is 1.60. The first-order valence-corrected chi connectivity index (χ1v) is 2.34. The number of H-pyrrole nitrogens is 1. The SMILES string of the molecule is C[n+]1cccc(=O)[nH]1.[OH-]. The van der Waals surface area contributed by atoms with Crippen LogP contribution in [0, 0.1) is 0 Å². The summed E-state index contributed by atoms with van der Waals surface area (Å²) in [5, 5.41) is 2.53. The van der Waals surface area contributed by atoms with Crippen LogP contribution in [0.5, 0.6) is 0 Å². The highest BCUT2D eigenvalue weighted by Gasteiger charge is 1.85. The molecular weight excluding hydrogens is 120 g/mol. The minimum Gasteiger partial charge on any atom is -0.870 e. The van der Waals surface area contributed by atoms with Crippen LogP contribution in [-0.4, -0.2) is 10.6 Å². The lowest BCUT2D eigenvalue weighted by atomic mass is 10.6. The number of nitrogens with zero attached hydrogens (tertiary/aromatic N) is 1. The first-order chi connectivity index (χ1) is 3.79. The van der Waals surface area contributed by atoms with Crippen LogP contribution in [-0.2, 0) is 7.05 Å². The van der Waals surface area contributed by atoms with Crippen molar-refractivity contribution < 1.29 is 10.2 Å². The highest BCUT2D eigenvalue weighted by Crippen LogP contribution is 1.58. The molecule has 1 aromatic heterocycles. The molecule has 1 rings (SSSR count). The van der Waals surface area contributed by atoms with Crippen LogP contribution in [0.4, 0.5) is 0 Å². The predicted molar refractivity (Wildman–Crippen MR) is 30.2 cm³/mol. The molecule has 1 aromatic rings. The molecule has 4 nitrogen and oxygen atoms in total. The summed E-state index contributed by atoms with van der Waals surface area (Å²) in [6.07, 6.45) is 1.77. The molecule has 0 unspecified atom stereocenters. The van der Waals surface area contributed by atoms with E-state index in [1.165, 1.54) is 6.07 Å². The fraction of sp³-hybridized carbons (Fsp3) is 0.200. The second-order valence-corrected chi connectivity index (χ2v) is 1.60. The van der Waals surface area contributed by atoms with Crippen molar-refractivity contribution in [3.8, 4) is 0 Å². The third kappa shape index (κ3) is 2.05. The largest absolute Gasteiger partial charge is 0.870 e. The van der Waals surface area contributed by atoms with Crippen molar-refractivity contribution in [3.05, 3.63) is 28.7 Å². The lowest BCUT2D eigenvalue weighted by Crippen LogP contribution is -2.37. The van der Waals surface area contributed by atoms with E-state index in [4.69, 9.17) is 0 Å². The van der Waals surface area contributed by atoms with E-state index in [1.54, 1.807) is 24.0 Å². The van der Waals surface area contributed by atoms with Gasteiger partial charge >= 0.3 is 0 Å². The Morgan fingerprint density at radius 3 is 2.67 bits per heavy atom. The number of nitrogens with one attached hydrogen (secondary N) is 1. The lowest BCUT2D eigenvalue weighted by molar-refractivity contribution is -0.732. The van der Waals surface area contributed by atoms with Crippen molar-refractivity contribution >= 4 is 0 Å². The molecule has 9 heavy (non-hydrogen) atoms. The van der Waals surface area contributed by atoms with Crippen molar-refractivity contribution in [1.82, 2.24) is 5.10 Å². The first kappa shape index (κ1) is 7.84. The fourth-order valence-electron chi connectivity index (χ4n) is 0.508. The van der Waals surface area contributed by atoms with Gasteiger partial charge in [0.25, 0.3) is 5.56 Å². The molecule has 0 aromatic carbocycles. The van der Waals surface area contributed by atoms with E-state index in [0.29, 0.717) is 0 Å². The van der Waals surface area contributed by atoms with E-state index in [2.05, 4.69) is 5.10 Å².